The first-order valence-electron chi connectivity index (χ1n) is 7.51. The van der Waals surface area contributed by atoms with Gasteiger partial charge in [-0.1, -0.05) is 22.9 Å². The fourth-order valence-electron chi connectivity index (χ4n) is 2.91. The van der Waals surface area contributed by atoms with E-state index in [4.69, 9.17) is 4.74 Å². The van der Waals surface area contributed by atoms with Crippen LogP contribution in [0.2, 0.25) is 0 Å². The van der Waals surface area contributed by atoms with Gasteiger partial charge in [0.15, 0.2) is 0 Å². The molecule has 0 saturated carbocycles. The lowest BCUT2D eigenvalue weighted by Crippen LogP contribution is -2.45. The van der Waals surface area contributed by atoms with Gasteiger partial charge in [0.2, 0.25) is 0 Å². The van der Waals surface area contributed by atoms with E-state index in [9.17, 15) is 0 Å². The largest absolute Gasteiger partial charge is 0.496 e. The highest BCUT2D eigenvalue weighted by molar-refractivity contribution is 9.10. The zero-order chi connectivity index (χ0) is 14.4. The zero-order valence-corrected chi connectivity index (χ0v) is 14.1. The fraction of sp³-hybridized carbons (Fsp3) is 0.625. The van der Waals surface area contributed by atoms with Crippen LogP contribution in [0.4, 0.5) is 0 Å². The number of rotatable bonds is 6. The Hall–Kier alpha value is -0.580. The van der Waals surface area contributed by atoms with Crippen molar-refractivity contribution in [3.05, 3.63) is 28.2 Å². The average Bonchev–Trinajstić information content (AvgIpc) is 2.48. The van der Waals surface area contributed by atoms with Crippen LogP contribution in [0.3, 0.4) is 0 Å². The number of methoxy groups -OCH3 is 1. The summed E-state index contributed by atoms with van der Waals surface area (Å²) < 4.78 is 6.62. The van der Waals surface area contributed by atoms with Crippen molar-refractivity contribution in [1.29, 1.82) is 0 Å². The van der Waals surface area contributed by atoms with E-state index >= 15 is 0 Å². The number of hydrogen-bond donors (Lipinski definition) is 1. The molecule has 1 aromatic rings. The molecule has 0 aliphatic carbocycles. The van der Waals surface area contributed by atoms with E-state index in [-0.39, 0.29) is 0 Å². The van der Waals surface area contributed by atoms with Crippen molar-refractivity contribution < 1.29 is 4.74 Å². The first-order valence-corrected chi connectivity index (χ1v) is 8.31. The van der Waals surface area contributed by atoms with Crippen molar-refractivity contribution in [3.63, 3.8) is 0 Å². The molecule has 1 unspecified atom stereocenters. The molecule has 1 heterocycles. The van der Waals surface area contributed by atoms with Gasteiger partial charge in [-0.2, -0.15) is 0 Å². The van der Waals surface area contributed by atoms with Gasteiger partial charge in [-0.25, -0.2) is 0 Å². The number of nitrogens with zero attached hydrogens (tertiary/aromatic N) is 1. The minimum absolute atomic E-state index is 0.646. The maximum absolute atomic E-state index is 5.50. The molecule has 0 amide bonds. The number of hydrogen-bond acceptors (Lipinski definition) is 3. The molecule has 0 aromatic heterocycles. The summed E-state index contributed by atoms with van der Waals surface area (Å²) in [6, 6.07) is 6.90. The maximum atomic E-state index is 5.50. The van der Waals surface area contributed by atoms with Gasteiger partial charge in [0, 0.05) is 29.2 Å². The van der Waals surface area contributed by atoms with Crippen LogP contribution in [0.25, 0.3) is 0 Å². The van der Waals surface area contributed by atoms with Crippen molar-refractivity contribution in [2.24, 2.45) is 0 Å². The summed E-state index contributed by atoms with van der Waals surface area (Å²) in [5.41, 5.74) is 1.26. The van der Waals surface area contributed by atoms with Gasteiger partial charge in [-0.15, -0.1) is 0 Å². The van der Waals surface area contributed by atoms with Crippen LogP contribution < -0.4 is 10.1 Å². The van der Waals surface area contributed by atoms with E-state index < -0.39 is 0 Å². The fourth-order valence-corrected chi connectivity index (χ4v) is 3.32. The molecule has 1 aliphatic rings. The summed E-state index contributed by atoms with van der Waals surface area (Å²) in [6.07, 6.45) is 3.76. The second-order valence-corrected chi connectivity index (χ2v) is 6.34. The lowest BCUT2D eigenvalue weighted by Gasteiger charge is -2.35. The van der Waals surface area contributed by atoms with Gasteiger partial charge in [0.05, 0.1) is 7.11 Å². The Morgan fingerprint density at radius 3 is 2.95 bits per heavy atom. The molecule has 1 aromatic carbocycles. The van der Waals surface area contributed by atoms with Crippen molar-refractivity contribution >= 4 is 15.9 Å². The first-order chi connectivity index (χ1) is 9.74. The van der Waals surface area contributed by atoms with Crippen LogP contribution in [-0.4, -0.2) is 37.7 Å². The molecule has 1 atom stereocenters. The topological polar surface area (TPSA) is 24.5 Å². The van der Waals surface area contributed by atoms with E-state index in [0.29, 0.717) is 6.04 Å². The van der Waals surface area contributed by atoms with E-state index in [2.05, 4.69) is 39.1 Å². The predicted octanol–water partition coefficient (Wildman–Crippen LogP) is 3.42. The van der Waals surface area contributed by atoms with Gasteiger partial charge in [0.25, 0.3) is 0 Å². The standard InChI is InChI=1S/C16H25BrN2O/c1-3-9-19(15-5-4-8-18-11-15)12-13-10-14(17)6-7-16(13)20-2/h6-7,10,15,18H,3-5,8-9,11-12H2,1-2H3. The van der Waals surface area contributed by atoms with E-state index in [0.717, 1.165) is 36.4 Å². The molecule has 3 nitrogen and oxygen atoms in total. The Kier molecular flexibility index (Phi) is 6.33. The molecule has 2 rings (SSSR count). The Morgan fingerprint density at radius 2 is 2.30 bits per heavy atom. The smallest absolute Gasteiger partial charge is 0.123 e. The lowest BCUT2D eigenvalue weighted by molar-refractivity contribution is 0.156. The first kappa shape index (κ1) is 15.8. The van der Waals surface area contributed by atoms with Gasteiger partial charge >= 0.3 is 0 Å². The Balaban J connectivity index is 2.12. The summed E-state index contributed by atoms with van der Waals surface area (Å²) in [5, 5.41) is 3.52. The molecular formula is C16H25BrN2O. The number of benzene rings is 1. The summed E-state index contributed by atoms with van der Waals surface area (Å²) in [4.78, 5) is 2.59. The molecule has 1 aliphatic heterocycles. The molecule has 4 heteroatoms. The monoisotopic (exact) mass is 340 g/mol. The van der Waals surface area contributed by atoms with Crippen LogP contribution in [0.5, 0.6) is 5.75 Å². The lowest BCUT2D eigenvalue weighted by atomic mass is 10.0. The quantitative estimate of drug-likeness (QED) is 0.858. The number of ether oxygens (including phenoxy) is 1. The summed E-state index contributed by atoms with van der Waals surface area (Å²) in [7, 11) is 1.75. The molecule has 112 valence electrons. The molecule has 1 saturated heterocycles. The maximum Gasteiger partial charge on any atom is 0.123 e. The van der Waals surface area contributed by atoms with Crippen molar-refractivity contribution in [1.82, 2.24) is 10.2 Å². The third-order valence-corrected chi connectivity index (χ3v) is 4.41. The second kappa shape index (κ2) is 8.01. The normalized spacial score (nSPS) is 19.3. The third kappa shape index (κ3) is 4.21. The van der Waals surface area contributed by atoms with E-state index in [1.165, 1.54) is 24.8 Å². The van der Waals surface area contributed by atoms with Gasteiger partial charge in [0.1, 0.15) is 5.75 Å². The SMILES string of the molecule is CCCN(Cc1cc(Br)ccc1OC)C1CCCNC1. The molecule has 0 bridgehead atoms. The van der Waals surface area contributed by atoms with E-state index in [1.807, 2.05) is 12.1 Å². The summed E-state index contributed by atoms with van der Waals surface area (Å²) in [5.74, 6) is 0.984. The van der Waals surface area contributed by atoms with Crippen LogP contribution >= 0.6 is 15.9 Å². The van der Waals surface area contributed by atoms with Gasteiger partial charge in [-0.3, -0.25) is 4.90 Å². The highest BCUT2D eigenvalue weighted by Gasteiger charge is 2.21. The van der Waals surface area contributed by atoms with Crippen molar-refractivity contribution in [2.75, 3.05) is 26.7 Å². The molecule has 1 fully saturated rings. The Morgan fingerprint density at radius 1 is 1.45 bits per heavy atom. The average molecular weight is 341 g/mol. The van der Waals surface area contributed by atoms with Crippen LogP contribution in [-0.2, 0) is 6.54 Å². The van der Waals surface area contributed by atoms with E-state index in [1.54, 1.807) is 7.11 Å². The number of nitrogens with one attached hydrogen (secondary N) is 1. The molecular weight excluding hydrogens is 316 g/mol. The van der Waals surface area contributed by atoms with Gasteiger partial charge < -0.3 is 10.1 Å². The minimum Gasteiger partial charge on any atom is -0.496 e. The Labute approximate surface area is 130 Å². The van der Waals surface area contributed by atoms with Crippen molar-refractivity contribution in [2.45, 2.75) is 38.8 Å². The van der Waals surface area contributed by atoms with Crippen LogP contribution in [0.1, 0.15) is 31.7 Å². The highest BCUT2D eigenvalue weighted by atomic mass is 79.9. The molecule has 20 heavy (non-hydrogen) atoms. The van der Waals surface area contributed by atoms with Crippen LogP contribution in [0, 0.1) is 0 Å². The zero-order valence-electron chi connectivity index (χ0n) is 12.5. The minimum atomic E-state index is 0.646. The van der Waals surface area contributed by atoms with Crippen LogP contribution in [0.15, 0.2) is 22.7 Å². The van der Waals surface area contributed by atoms with Gasteiger partial charge in [-0.05, 0) is 50.6 Å². The second-order valence-electron chi connectivity index (χ2n) is 5.43. The number of halogens is 1. The number of piperidine rings is 1. The Bertz CT molecular complexity index is 419. The predicted molar refractivity (Wildman–Crippen MR) is 87.3 cm³/mol. The molecule has 1 N–H and O–H groups in total. The summed E-state index contributed by atoms with van der Waals surface area (Å²) in [6.45, 7) is 6.62. The highest BCUT2D eigenvalue weighted by Crippen LogP contribution is 2.26. The van der Waals surface area contributed by atoms with Crippen molar-refractivity contribution in [3.8, 4) is 5.75 Å². The third-order valence-electron chi connectivity index (χ3n) is 3.91. The summed E-state index contributed by atoms with van der Waals surface area (Å²) >= 11 is 3.56. The molecule has 0 spiro atoms. The molecule has 0 radical (unpaired) electrons.